The fourth-order valence-corrected chi connectivity index (χ4v) is 3.07. The molecule has 0 atom stereocenters. The number of carboxylic acid groups (broad SMARTS) is 2. The van der Waals surface area contributed by atoms with Crippen LogP contribution in [0.1, 0.15) is 5.56 Å². The lowest BCUT2D eigenvalue weighted by Gasteiger charge is -2.30. The first-order chi connectivity index (χ1) is 15.4. The summed E-state index contributed by atoms with van der Waals surface area (Å²) >= 11 is 5.88. The van der Waals surface area contributed by atoms with E-state index in [-0.39, 0.29) is 12.5 Å². The third kappa shape index (κ3) is 8.93. The highest BCUT2D eigenvalue weighted by Crippen LogP contribution is 2.26. The number of carbonyl (C=O) groups excluding carboxylic acids is 1. The van der Waals surface area contributed by atoms with Gasteiger partial charge in [0.15, 0.2) is 0 Å². The number of carbonyl (C=O) groups is 3. The number of para-hydroxylation sites is 2. The van der Waals surface area contributed by atoms with E-state index in [0.717, 1.165) is 42.5 Å². The number of anilines is 2. The molecule has 1 aliphatic heterocycles. The van der Waals surface area contributed by atoms with E-state index < -0.39 is 11.9 Å². The number of nitrogens with zero attached hydrogens (tertiary/aromatic N) is 1. The number of ether oxygens (including phenoxy) is 1. The molecule has 2 aromatic rings. The Morgan fingerprint density at radius 3 is 2.22 bits per heavy atom. The average Bonchev–Trinajstić information content (AvgIpc) is 2.79. The fourth-order valence-electron chi connectivity index (χ4n) is 2.94. The number of rotatable bonds is 7. The Labute approximate surface area is 190 Å². The summed E-state index contributed by atoms with van der Waals surface area (Å²) in [5.41, 5.74) is 3.09. The lowest BCUT2D eigenvalue weighted by atomic mass is 10.1. The Bertz CT molecular complexity index is 889. The number of halogens is 1. The molecule has 172 valence electrons. The van der Waals surface area contributed by atoms with Crippen LogP contribution in [-0.4, -0.2) is 67.5 Å². The molecule has 0 aromatic heterocycles. The highest BCUT2D eigenvalue weighted by molar-refractivity contribution is 6.30. The van der Waals surface area contributed by atoms with Gasteiger partial charge < -0.3 is 30.5 Å². The number of aliphatic carboxylic acids is 2. The largest absolute Gasteiger partial charge is 0.473 e. The Kier molecular flexibility index (Phi) is 10.5. The normalized spacial score (nSPS) is 13.0. The van der Waals surface area contributed by atoms with Crippen molar-refractivity contribution in [2.45, 2.75) is 6.42 Å². The second-order valence-corrected chi connectivity index (χ2v) is 7.26. The molecule has 1 fully saturated rings. The minimum absolute atomic E-state index is 0.0400. The first-order valence-corrected chi connectivity index (χ1v) is 10.4. The summed E-state index contributed by atoms with van der Waals surface area (Å²) < 4.78 is 5.40. The van der Waals surface area contributed by atoms with E-state index in [2.05, 4.69) is 15.5 Å². The number of amides is 1. The summed E-state index contributed by atoms with van der Waals surface area (Å²) in [6, 6.07) is 15.7. The van der Waals surface area contributed by atoms with Crippen molar-refractivity contribution in [3.05, 3.63) is 59.1 Å². The van der Waals surface area contributed by atoms with Crippen LogP contribution in [0.4, 0.5) is 11.4 Å². The van der Waals surface area contributed by atoms with Crippen LogP contribution in [0.5, 0.6) is 0 Å². The zero-order valence-electron chi connectivity index (χ0n) is 17.4. The lowest BCUT2D eigenvalue weighted by molar-refractivity contribution is -0.159. The van der Waals surface area contributed by atoms with Crippen molar-refractivity contribution in [2.24, 2.45) is 0 Å². The predicted octanol–water partition coefficient (Wildman–Crippen LogP) is 2.10. The molecule has 1 aliphatic rings. The van der Waals surface area contributed by atoms with E-state index in [1.54, 1.807) is 0 Å². The van der Waals surface area contributed by atoms with Gasteiger partial charge in [0.1, 0.15) is 0 Å². The zero-order valence-corrected chi connectivity index (χ0v) is 18.2. The molecule has 0 saturated carbocycles. The number of benzene rings is 2. The molecule has 32 heavy (non-hydrogen) atoms. The monoisotopic (exact) mass is 463 g/mol. The molecule has 1 heterocycles. The van der Waals surface area contributed by atoms with Gasteiger partial charge in [0.25, 0.3) is 0 Å². The SMILES string of the molecule is O=C(CNCCc1ccc(Cl)cc1)Nc1ccccc1N1CCOCC1.O=C(O)C(=O)O. The molecule has 0 unspecified atom stereocenters. The third-order valence-electron chi connectivity index (χ3n) is 4.50. The van der Waals surface area contributed by atoms with Gasteiger partial charge in [0.05, 0.1) is 31.1 Å². The van der Waals surface area contributed by atoms with Crippen LogP contribution in [0, 0.1) is 0 Å². The number of carboxylic acids is 2. The van der Waals surface area contributed by atoms with Crippen LogP contribution in [0.2, 0.25) is 5.02 Å². The fraction of sp³-hybridized carbons (Fsp3) is 0.318. The first kappa shape index (κ1) is 25.1. The van der Waals surface area contributed by atoms with Crippen LogP contribution >= 0.6 is 11.6 Å². The van der Waals surface area contributed by atoms with E-state index in [0.29, 0.717) is 13.2 Å². The Balaban J connectivity index is 0.000000534. The van der Waals surface area contributed by atoms with Crippen LogP contribution in [0.3, 0.4) is 0 Å². The van der Waals surface area contributed by atoms with E-state index >= 15 is 0 Å². The summed E-state index contributed by atoms with van der Waals surface area (Å²) in [4.78, 5) is 32.7. The molecule has 0 bridgehead atoms. The van der Waals surface area contributed by atoms with Gasteiger partial charge in [0, 0.05) is 18.1 Å². The molecule has 9 nitrogen and oxygen atoms in total. The molecule has 0 radical (unpaired) electrons. The predicted molar refractivity (Wildman–Crippen MR) is 121 cm³/mol. The second-order valence-electron chi connectivity index (χ2n) is 6.83. The van der Waals surface area contributed by atoms with Gasteiger partial charge in [-0.3, -0.25) is 4.79 Å². The molecule has 2 aromatic carbocycles. The number of hydrogen-bond donors (Lipinski definition) is 4. The average molecular weight is 464 g/mol. The first-order valence-electron chi connectivity index (χ1n) is 9.99. The van der Waals surface area contributed by atoms with Crippen molar-refractivity contribution in [1.82, 2.24) is 5.32 Å². The number of morpholine rings is 1. The summed E-state index contributed by atoms with van der Waals surface area (Å²) in [6.07, 6.45) is 0.856. The van der Waals surface area contributed by atoms with E-state index in [4.69, 9.17) is 36.1 Å². The molecule has 0 aliphatic carbocycles. The molecule has 10 heteroatoms. The smallest absolute Gasteiger partial charge is 0.414 e. The quantitative estimate of drug-likeness (QED) is 0.363. The lowest BCUT2D eigenvalue weighted by Crippen LogP contribution is -2.37. The third-order valence-corrected chi connectivity index (χ3v) is 4.75. The zero-order chi connectivity index (χ0) is 23.3. The molecule has 3 rings (SSSR count). The molecule has 4 N–H and O–H groups in total. The minimum Gasteiger partial charge on any atom is -0.473 e. The second kappa shape index (κ2) is 13.3. The number of hydrogen-bond acceptors (Lipinski definition) is 6. The molecular weight excluding hydrogens is 438 g/mol. The molecular formula is C22H26ClN3O6. The van der Waals surface area contributed by atoms with E-state index in [1.165, 1.54) is 5.56 Å². The highest BCUT2D eigenvalue weighted by Gasteiger charge is 2.15. The van der Waals surface area contributed by atoms with Crippen LogP contribution in [0.25, 0.3) is 0 Å². The van der Waals surface area contributed by atoms with Crippen LogP contribution < -0.4 is 15.5 Å². The van der Waals surface area contributed by atoms with Gasteiger partial charge in [0.2, 0.25) is 5.91 Å². The summed E-state index contributed by atoms with van der Waals surface area (Å²) in [7, 11) is 0. The highest BCUT2D eigenvalue weighted by atomic mass is 35.5. The molecule has 1 saturated heterocycles. The Morgan fingerprint density at radius 2 is 1.59 bits per heavy atom. The van der Waals surface area contributed by atoms with Gasteiger partial charge in [-0.15, -0.1) is 0 Å². The van der Waals surface area contributed by atoms with Crippen LogP contribution in [-0.2, 0) is 25.5 Å². The van der Waals surface area contributed by atoms with Crippen molar-refractivity contribution in [2.75, 3.05) is 49.6 Å². The summed E-state index contributed by atoms with van der Waals surface area (Å²) in [6.45, 7) is 4.13. The van der Waals surface area contributed by atoms with Gasteiger partial charge in [-0.25, -0.2) is 9.59 Å². The minimum atomic E-state index is -1.82. The topological polar surface area (TPSA) is 128 Å². The van der Waals surface area contributed by atoms with E-state index in [9.17, 15) is 4.79 Å². The standard InChI is InChI=1S/C20H24ClN3O2.C2H2O4/c21-17-7-5-16(6-8-17)9-10-22-15-20(25)23-18-3-1-2-4-19(18)24-11-13-26-14-12-24;3-1(4)2(5)6/h1-8,22H,9-15H2,(H,23,25);(H,3,4)(H,5,6). The van der Waals surface area contributed by atoms with Gasteiger partial charge in [-0.2, -0.15) is 0 Å². The van der Waals surface area contributed by atoms with Gasteiger partial charge >= 0.3 is 11.9 Å². The van der Waals surface area contributed by atoms with Crippen molar-refractivity contribution >= 4 is 40.8 Å². The van der Waals surface area contributed by atoms with Crippen molar-refractivity contribution < 1.29 is 29.3 Å². The van der Waals surface area contributed by atoms with E-state index in [1.807, 2.05) is 48.5 Å². The number of nitrogens with one attached hydrogen (secondary N) is 2. The van der Waals surface area contributed by atoms with Crippen LogP contribution in [0.15, 0.2) is 48.5 Å². The Morgan fingerprint density at radius 1 is 0.969 bits per heavy atom. The maximum atomic E-state index is 12.3. The molecule has 1 amide bonds. The summed E-state index contributed by atoms with van der Waals surface area (Å²) in [5, 5.41) is 21.7. The maximum absolute atomic E-state index is 12.3. The summed E-state index contributed by atoms with van der Waals surface area (Å²) in [5.74, 6) is -3.69. The molecule has 0 spiro atoms. The van der Waals surface area contributed by atoms with Gasteiger partial charge in [-0.05, 0) is 42.8 Å². The van der Waals surface area contributed by atoms with Crippen molar-refractivity contribution in [3.8, 4) is 0 Å². The van der Waals surface area contributed by atoms with Crippen molar-refractivity contribution in [3.63, 3.8) is 0 Å². The van der Waals surface area contributed by atoms with Crippen molar-refractivity contribution in [1.29, 1.82) is 0 Å². The van der Waals surface area contributed by atoms with Gasteiger partial charge in [-0.1, -0.05) is 35.9 Å². The Hall–Kier alpha value is -3.14. The maximum Gasteiger partial charge on any atom is 0.414 e.